The number of hydrogen-bond donors (Lipinski definition) is 1. The van der Waals surface area contributed by atoms with E-state index in [0.29, 0.717) is 18.0 Å². The highest BCUT2D eigenvalue weighted by atomic mass is 79.9. The van der Waals surface area contributed by atoms with Crippen LogP contribution in [0.1, 0.15) is 37.4 Å². The van der Waals surface area contributed by atoms with E-state index in [1.165, 1.54) is 11.6 Å². The molecule has 1 unspecified atom stereocenters. The first-order valence-electron chi connectivity index (χ1n) is 7.28. The van der Waals surface area contributed by atoms with E-state index in [4.69, 9.17) is 0 Å². The summed E-state index contributed by atoms with van der Waals surface area (Å²) in [7, 11) is 0. The molecule has 0 fully saturated rings. The Kier molecular flexibility index (Phi) is 5.95. The molecule has 2 aromatic rings. The Morgan fingerprint density at radius 3 is 2.43 bits per heavy atom. The lowest BCUT2D eigenvalue weighted by atomic mass is 9.97. The molecule has 3 heteroatoms. The van der Waals surface area contributed by atoms with E-state index in [1.54, 1.807) is 0 Å². The van der Waals surface area contributed by atoms with Crippen molar-refractivity contribution in [3.8, 4) is 0 Å². The lowest BCUT2D eigenvalue weighted by Crippen LogP contribution is -2.23. The van der Waals surface area contributed by atoms with Crippen LogP contribution in [0.3, 0.4) is 0 Å². The average Bonchev–Trinajstić information content (AvgIpc) is 2.45. The van der Waals surface area contributed by atoms with E-state index in [1.807, 2.05) is 30.3 Å². The van der Waals surface area contributed by atoms with Crippen LogP contribution in [0.15, 0.2) is 53.0 Å². The summed E-state index contributed by atoms with van der Waals surface area (Å²) < 4.78 is 14.7. The minimum absolute atomic E-state index is 0.173. The van der Waals surface area contributed by atoms with Crippen LogP contribution in [-0.2, 0) is 6.54 Å². The van der Waals surface area contributed by atoms with Crippen LogP contribution in [0.5, 0.6) is 0 Å². The summed E-state index contributed by atoms with van der Waals surface area (Å²) in [5.41, 5.74) is 1.95. The molecular formula is C18H21BrFN. The molecule has 21 heavy (non-hydrogen) atoms. The maximum absolute atomic E-state index is 13.9. The molecule has 112 valence electrons. The van der Waals surface area contributed by atoms with Crippen molar-refractivity contribution >= 4 is 15.9 Å². The van der Waals surface area contributed by atoms with E-state index in [2.05, 4.69) is 47.2 Å². The first-order chi connectivity index (χ1) is 10.1. The van der Waals surface area contributed by atoms with Gasteiger partial charge in [0.2, 0.25) is 0 Å². The van der Waals surface area contributed by atoms with Gasteiger partial charge >= 0.3 is 0 Å². The molecule has 0 spiro atoms. The highest BCUT2D eigenvalue weighted by Gasteiger charge is 2.13. The Hall–Kier alpha value is -1.19. The highest BCUT2D eigenvalue weighted by Crippen LogP contribution is 2.22. The number of benzene rings is 2. The number of nitrogens with one attached hydrogen (secondary N) is 1. The lowest BCUT2D eigenvalue weighted by molar-refractivity contribution is 0.424. The van der Waals surface area contributed by atoms with Gasteiger partial charge in [0, 0.05) is 22.6 Å². The Bertz CT molecular complexity index is 569. The molecule has 0 aliphatic carbocycles. The van der Waals surface area contributed by atoms with Gasteiger partial charge in [0.15, 0.2) is 0 Å². The molecule has 0 radical (unpaired) electrons. The predicted octanol–water partition coefficient (Wildman–Crippen LogP) is 5.47. The summed E-state index contributed by atoms with van der Waals surface area (Å²) in [4.78, 5) is 0. The topological polar surface area (TPSA) is 12.0 Å². The fourth-order valence-electron chi connectivity index (χ4n) is 2.39. The lowest BCUT2D eigenvalue weighted by Gasteiger charge is -2.21. The van der Waals surface area contributed by atoms with Gasteiger partial charge in [-0.3, -0.25) is 0 Å². The molecular weight excluding hydrogens is 329 g/mol. The smallest absolute Gasteiger partial charge is 0.128 e. The van der Waals surface area contributed by atoms with Crippen LogP contribution in [0.2, 0.25) is 0 Å². The summed E-state index contributed by atoms with van der Waals surface area (Å²) in [6.07, 6.45) is 1.03. The van der Waals surface area contributed by atoms with Gasteiger partial charge in [-0.2, -0.15) is 0 Å². The summed E-state index contributed by atoms with van der Waals surface area (Å²) in [5, 5.41) is 3.49. The van der Waals surface area contributed by atoms with Gasteiger partial charge in [0.25, 0.3) is 0 Å². The summed E-state index contributed by atoms with van der Waals surface area (Å²) in [5.74, 6) is 0.408. The van der Waals surface area contributed by atoms with Crippen molar-refractivity contribution in [1.82, 2.24) is 5.32 Å². The fourth-order valence-corrected chi connectivity index (χ4v) is 2.73. The van der Waals surface area contributed by atoms with Crippen molar-refractivity contribution in [3.63, 3.8) is 0 Å². The molecule has 1 N–H and O–H groups in total. The van der Waals surface area contributed by atoms with Gasteiger partial charge in [0.1, 0.15) is 5.82 Å². The standard InChI is InChI=1S/C18H21BrFN/c1-13(2)10-18(14-6-4-3-5-7-14)21-12-15-8-9-16(19)11-17(15)20/h3-9,11,13,18,21H,10,12H2,1-2H3. The van der Waals surface area contributed by atoms with Crippen LogP contribution >= 0.6 is 15.9 Å². The zero-order valence-corrected chi connectivity index (χ0v) is 14.0. The van der Waals surface area contributed by atoms with Crippen LogP contribution in [-0.4, -0.2) is 0 Å². The van der Waals surface area contributed by atoms with E-state index in [0.717, 1.165) is 10.9 Å². The number of hydrogen-bond acceptors (Lipinski definition) is 1. The zero-order valence-electron chi connectivity index (χ0n) is 12.4. The van der Waals surface area contributed by atoms with Gasteiger partial charge in [-0.1, -0.05) is 66.2 Å². The molecule has 0 bridgehead atoms. The third-order valence-electron chi connectivity index (χ3n) is 3.46. The van der Waals surface area contributed by atoms with Gasteiger partial charge in [0.05, 0.1) is 0 Å². The van der Waals surface area contributed by atoms with Crippen LogP contribution < -0.4 is 5.32 Å². The van der Waals surface area contributed by atoms with Crippen LogP contribution in [0, 0.1) is 11.7 Å². The van der Waals surface area contributed by atoms with Crippen molar-refractivity contribution in [2.24, 2.45) is 5.92 Å². The SMILES string of the molecule is CC(C)CC(NCc1ccc(Br)cc1F)c1ccccc1. The second-order valence-electron chi connectivity index (χ2n) is 5.71. The summed E-state index contributed by atoms with van der Waals surface area (Å²) in [6, 6.07) is 15.8. The molecule has 2 aromatic carbocycles. The van der Waals surface area contributed by atoms with Crippen molar-refractivity contribution < 1.29 is 4.39 Å². The van der Waals surface area contributed by atoms with Gasteiger partial charge in [-0.05, 0) is 30.0 Å². The molecule has 1 atom stereocenters. The molecule has 0 saturated heterocycles. The Labute approximate surface area is 134 Å². The summed E-state index contributed by atoms with van der Waals surface area (Å²) in [6.45, 7) is 4.95. The Balaban J connectivity index is 2.09. The van der Waals surface area contributed by atoms with Gasteiger partial charge in [-0.15, -0.1) is 0 Å². The minimum Gasteiger partial charge on any atom is -0.306 e. The molecule has 1 nitrogen and oxygen atoms in total. The van der Waals surface area contributed by atoms with Gasteiger partial charge in [-0.25, -0.2) is 4.39 Å². The largest absolute Gasteiger partial charge is 0.306 e. The number of halogens is 2. The second kappa shape index (κ2) is 7.71. The fraction of sp³-hybridized carbons (Fsp3) is 0.333. The van der Waals surface area contributed by atoms with E-state index >= 15 is 0 Å². The quantitative estimate of drug-likeness (QED) is 0.729. The Morgan fingerprint density at radius 2 is 1.81 bits per heavy atom. The molecule has 2 rings (SSSR count). The molecule has 0 aliphatic heterocycles. The summed E-state index contributed by atoms with van der Waals surface area (Å²) >= 11 is 3.29. The van der Waals surface area contributed by atoms with Crippen molar-refractivity contribution in [2.75, 3.05) is 0 Å². The maximum atomic E-state index is 13.9. The van der Waals surface area contributed by atoms with Crippen molar-refractivity contribution in [2.45, 2.75) is 32.9 Å². The third-order valence-corrected chi connectivity index (χ3v) is 3.96. The molecule has 0 saturated carbocycles. The predicted molar refractivity (Wildman–Crippen MR) is 89.6 cm³/mol. The second-order valence-corrected chi connectivity index (χ2v) is 6.63. The van der Waals surface area contributed by atoms with Crippen LogP contribution in [0.4, 0.5) is 4.39 Å². The molecule has 0 heterocycles. The first-order valence-corrected chi connectivity index (χ1v) is 8.08. The molecule has 0 amide bonds. The van der Waals surface area contributed by atoms with Crippen molar-refractivity contribution in [1.29, 1.82) is 0 Å². The van der Waals surface area contributed by atoms with E-state index in [9.17, 15) is 4.39 Å². The molecule has 0 aromatic heterocycles. The van der Waals surface area contributed by atoms with Crippen LogP contribution in [0.25, 0.3) is 0 Å². The third kappa shape index (κ3) is 4.94. The molecule has 0 aliphatic rings. The zero-order chi connectivity index (χ0) is 15.2. The van der Waals surface area contributed by atoms with Gasteiger partial charge < -0.3 is 5.32 Å². The van der Waals surface area contributed by atoms with E-state index < -0.39 is 0 Å². The normalized spacial score (nSPS) is 12.6. The first kappa shape index (κ1) is 16.2. The minimum atomic E-state index is -0.173. The average molecular weight is 350 g/mol. The monoisotopic (exact) mass is 349 g/mol. The highest BCUT2D eigenvalue weighted by molar-refractivity contribution is 9.10. The van der Waals surface area contributed by atoms with E-state index in [-0.39, 0.29) is 11.9 Å². The van der Waals surface area contributed by atoms with Crippen molar-refractivity contribution in [3.05, 3.63) is 69.9 Å². The maximum Gasteiger partial charge on any atom is 0.128 e. The Morgan fingerprint density at radius 1 is 1.10 bits per heavy atom. The number of rotatable bonds is 6.